The van der Waals surface area contributed by atoms with Gasteiger partial charge in [0.25, 0.3) is 0 Å². The Balaban J connectivity index is 0. The molecule has 19 heteroatoms. The van der Waals surface area contributed by atoms with Gasteiger partial charge in [-0.05, 0) is 0 Å². The summed E-state index contributed by atoms with van der Waals surface area (Å²) in [4.78, 5) is 11.4. The van der Waals surface area contributed by atoms with Crippen LogP contribution in [0.15, 0.2) is 0 Å². The lowest BCUT2D eigenvalue weighted by Gasteiger charge is -2.31. The fourth-order valence-corrected chi connectivity index (χ4v) is 7.96. The van der Waals surface area contributed by atoms with Gasteiger partial charge in [0.05, 0.1) is 0 Å². The fourth-order valence-electron chi connectivity index (χ4n) is 1.40. The van der Waals surface area contributed by atoms with Crippen LogP contribution in [-0.2, 0) is 54.5 Å². The van der Waals surface area contributed by atoms with Gasteiger partial charge in [-0.1, -0.05) is 0 Å². The van der Waals surface area contributed by atoms with Crippen LogP contribution in [0.2, 0.25) is 0 Å². The van der Waals surface area contributed by atoms with Crippen LogP contribution in [0.3, 0.4) is 0 Å². The summed E-state index contributed by atoms with van der Waals surface area (Å²) in [5, 5.41) is 14.3. The van der Waals surface area contributed by atoms with Crippen molar-refractivity contribution in [3.63, 3.8) is 0 Å². The standard InChI is InChI=1S/C5H14O8P2.C5H12O7P2/c1-10-14(8,11-2)5(6,7)15(9,12-3)13-4;1-9-13(7,10-2)5(6)14(8,11-3)12-4/h6-7H,1-4H3;1-4H3. The van der Waals surface area contributed by atoms with E-state index in [1.807, 2.05) is 0 Å². The van der Waals surface area contributed by atoms with Crippen LogP contribution in [-0.4, -0.2) is 77.6 Å². The van der Waals surface area contributed by atoms with Gasteiger partial charge in [0.2, 0.25) is 0 Å². The predicted molar refractivity (Wildman–Crippen MR) is 99.1 cm³/mol. The van der Waals surface area contributed by atoms with Crippen LogP contribution >= 0.6 is 30.4 Å². The Hall–Kier alpha value is 0.190. The molecule has 0 aliphatic rings. The summed E-state index contributed by atoms with van der Waals surface area (Å²) >= 11 is 0. The second kappa shape index (κ2) is 12.3. The zero-order valence-electron chi connectivity index (χ0n) is 17.0. The molecule has 0 fully saturated rings. The predicted octanol–water partition coefficient (Wildman–Crippen LogP) is 2.63. The molecular weight excluding hydrogens is 484 g/mol. The quantitative estimate of drug-likeness (QED) is 0.286. The molecule has 15 nitrogen and oxygen atoms in total. The van der Waals surface area contributed by atoms with E-state index < -0.39 is 40.9 Å². The molecule has 0 aromatic rings. The van der Waals surface area contributed by atoms with E-state index >= 15 is 0 Å². The van der Waals surface area contributed by atoms with Crippen molar-refractivity contribution in [2.24, 2.45) is 0 Å². The van der Waals surface area contributed by atoms with Crippen molar-refractivity contribution in [1.82, 2.24) is 0 Å². The normalized spacial score (nSPS) is 13.6. The van der Waals surface area contributed by atoms with Gasteiger partial charge in [-0.25, -0.2) is 0 Å². The average Bonchev–Trinajstić information content (AvgIpc) is 2.76. The van der Waals surface area contributed by atoms with Crippen molar-refractivity contribution in [1.29, 1.82) is 0 Å². The van der Waals surface area contributed by atoms with Gasteiger partial charge in [-0.3, -0.25) is 23.1 Å². The van der Waals surface area contributed by atoms with Crippen LogP contribution in [0.25, 0.3) is 0 Å². The molecule has 0 saturated carbocycles. The van der Waals surface area contributed by atoms with Crippen molar-refractivity contribution in [2.45, 2.75) is 5.27 Å². The highest BCUT2D eigenvalue weighted by molar-refractivity contribution is 7.98. The second-order valence-electron chi connectivity index (χ2n) is 4.33. The van der Waals surface area contributed by atoms with E-state index in [0.717, 1.165) is 56.9 Å². The summed E-state index contributed by atoms with van der Waals surface area (Å²) in [7, 11) is -9.43. The summed E-state index contributed by atoms with van der Waals surface area (Å²) in [6.07, 6.45) is 0. The number of aliphatic hydroxyl groups is 2. The van der Waals surface area contributed by atoms with E-state index in [2.05, 4.69) is 36.2 Å². The van der Waals surface area contributed by atoms with Crippen LogP contribution in [0.4, 0.5) is 4.79 Å². The van der Waals surface area contributed by atoms with Crippen molar-refractivity contribution in [3.8, 4) is 0 Å². The average molecular weight is 510 g/mol. The summed E-state index contributed by atoms with van der Waals surface area (Å²) in [5.74, 6) is 0. The molecule has 0 unspecified atom stereocenters. The third kappa shape index (κ3) is 6.58. The number of carbonyl (C=O) groups is 1. The summed E-state index contributed by atoms with van der Waals surface area (Å²) in [6, 6.07) is 0. The molecule has 0 aliphatic heterocycles. The van der Waals surface area contributed by atoms with Crippen LogP contribution in [0, 0.1) is 0 Å². The fraction of sp³-hybridized carbons (Fsp3) is 0.900. The van der Waals surface area contributed by atoms with Gasteiger partial charge >= 0.3 is 40.9 Å². The molecule has 0 spiro atoms. The molecule has 0 saturated heterocycles. The minimum Gasteiger partial charge on any atom is -0.347 e. The second-order valence-corrected chi connectivity index (χ2v) is 14.0. The molecule has 176 valence electrons. The van der Waals surface area contributed by atoms with E-state index in [9.17, 15) is 33.3 Å². The smallest absolute Gasteiger partial charge is 0.347 e. The molecule has 0 aromatic carbocycles. The van der Waals surface area contributed by atoms with Crippen molar-refractivity contribution in [3.05, 3.63) is 0 Å². The Morgan fingerprint density at radius 1 is 0.552 bits per heavy atom. The minimum atomic E-state index is -4.44. The highest BCUT2D eigenvalue weighted by Crippen LogP contribution is 2.74. The summed E-state index contributed by atoms with van der Waals surface area (Å²) in [6.45, 7) is 0. The van der Waals surface area contributed by atoms with E-state index in [4.69, 9.17) is 0 Å². The largest absolute Gasteiger partial charge is 0.409 e. The van der Waals surface area contributed by atoms with Gasteiger partial charge in [-0.15, -0.1) is 0 Å². The summed E-state index contributed by atoms with van der Waals surface area (Å²) in [5.41, 5.74) is 0. The highest BCUT2D eigenvalue weighted by Gasteiger charge is 2.63. The lowest BCUT2D eigenvalue weighted by Crippen LogP contribution is -2.30. The van der Waals surface area contributed by atoms with Gasteiger partial charge < -0.3 is 46.4 Å². The maximum atomic E-state index is 11.7. The first-order valence-electron chi connectivity index (χ1n) is 7.00. The molecule has 0 radical (unpaired) electrons. The molecule has 2 N–H and O–H groups in total. The highest BCUT2D eigenvalue weighted by atomic mass is 31.2. The van der Waals surface area contributed by atoms with E-state index in [1.54, 1.807) is 0 Å². The Morgan fingerprint density at radius 3 is 0.897 bits per heavy atom. The van der Waals surface area contributed by atoms with Gasteiger partial charge in [-0.2, -0.15) is 0 Å². The molecule has 0 aromatic heterocycles. The molecule has 0 rings (SSSR count). The molecule has 0 atom stereocenters. The Morgan fingerprint density at radius 2 is 0.759 bits per heavy atom. The van der Waals surface area contributed by atoms with Crippen LogP contribution in [0.1, 0.15) is 0 Å². The monoisotopic (exact) mass is 510 g/mol. The Bertz CT molecular complexity index is 630. The molecule has 29 heavy (non-hydrogen) atoms. The zero-order chi connectivity index (χ0) is 23.7. The van der Waals surface area contributed by atoms with Crippen molar-refractivity contribution >= 4 is 35.6 Å². The Kier molecular flexibility index (Phi) is 13.3. The lowest BCUT2D eigenvalue weighted by molar-refractivity contribution is -0.0597. The SMILES string of the molecule is COP(=O)(OC)C(=O)P(=O)(OC)OC.COP(=O)(OC)C(O)(O)P(=O)(OC)OC. The topological polar surface area (TPSA) is 200 Å². The summed E-state index contributed by atoms with van der Waals surface area (Å²) < 4.78 is 80.9. The molecule has 0 heterocycles. The third-order valence-corrected chi connectivity index (χ3v) is 12.3. The lowest BCUT2D eigenvalue weighted by atomic mass is 11.5. The number of rotatable bonds is 12. The number of hydrogen-bond acceptors (Lipinski definition) is 15. The van der Waals surface area contributed by atoms with Crippen molar-refractivity contribution < 1.29 is 69.5 Å². The zero-order valence-corrected chi connectivity index (χ0v) is 20.6. The van der Waals surface area contributed by atoms with Crippen LogP contribution in [0.5, 0.6) is 0 Å². The maximum Gasteiger partial charge on any atom is 0.409 e. The molecule has 0 amide bonds. The maximum absolute atomic E-state index is 11.7. The molecule has 0 bridgehead atoms. The van der Waals surface area contributed by atoms with E-state index in [0.29, 0.717) is 0 Å². The molecule has 0 aliphatic carbocycles. The number of carbonyl (C=O) groups excluding carboxylic acids is 1. The first-order valence-corrected chi connectivity index (χ1v) is 13.2. The minimum absolute atomic E-state index is 0.904. The first kappa shape index (κ1) is 31.4. The Labute approximate surface area is 168 Å². The third-order valence-electron chi connectivity index (χ3n) is 3.13. The first-order chi connectivity index (χ1) is 13.1. The number of hydrogen-bond donors (Lipinski definition) is 2. The van der Waals surface area contributed by atoms with Gasteiger partial charge in [0.1, 0.15) is 0 Å². The van der Waals surface area contributed by atoms with Gasteiger partial charge in [0.15, 0.2) is 0 Å². The van der Waals surface area contributed by atoms with E-state index in [-0.39, 0.29) is 0 Å². The van der Waals surface area contributed by atoms with Crippen molar-refractivity contribution in [2.75, 3.05) is 56.9 Å². The van der Waals surface area contributed by atoms with Crippen LogP contribution < -0.4 is 0 Å². The van der Waals surface area contributed by atoms with Gasteiger partial charge in [0, 0.05) is 56.9 Å². The van der Waals surface area contributed by atoms with E-state index in [1.165, 1.54) is 0 Å². The molecular formula is C10H26O15P4.